The fourth-order valence-electron chi connectivity index (χ4n) is 1.81. The molecule has 96 valence electrons. The summed E-state index contributed by atoms with van der Waals surface area (Å²) in [7, 11) is 0. The molecular weight excluding hydrogens is 240 g/mol. The Morgan fingerprint density at radius 3 is 2.95 bits per heavy atom. The van der Waals surface area contributed by atoms with E-state index < -0.39 is 0 Å². The Morgan fingerprint density at radius 1 is 1.26 bits per heavy atom. The van der Waals surface area contributed by atoms with E-state index in [1.54, 1.807) is 6.21 Å². The van der Waals surface area contributed by atoms with Gasteiger partial charge >= 0.3 is 0 Å². The van der Waals surface area contributed by atoms with Crippen LogP contribution in [0.3, 0.4) is 0 Å². The average Bonchev–Trinajstić information content (AvgIpc) is 2.76. The first-order chi connectivity index (χ1) is 9.24. The maximum Gasteiger partial charge on any atom is 0.265 e. The molecule has 0 saturated carbocycles. The molecule has 6 heteroatoms. The first kappa shape index (κ1) is 11.6. The second-order valence-electron chi connectivity index (χ2n) is 4.64. The number of hydrogen-bond acceptors (Lipinski definition) is 5. The van der Waals surface area contributed by atoms with Crippen molar-refractivity contribution in [2.45, 2.75) is 13.8 Å². The van der Waals surface area contributed by atoms with Crippen molar-refractivity contribution in [3.05, 3.63) is 24.3 Å². The molecule has 0 saturated heterocycles. The van der Waals surface area contributed by atoms with Crippen molar-refractivity contribution in [3.63, 3.8) is 0 Å². The summed E-state index contributed by atoms with van der Waals surface area (Å²) in [6.45, 7) is 4.09. The van der Waals surface area contributed by atoms with Crippen LogP contribution >= 0.6 is 0 Å². The quantitative estimate of drug-likeness (QED) is 0.556. The fraction of sp³-hybridized carbons (Fsp3) is 0.231. The van der Waals surface area contributed by atoms with Gasteiger partial charge in [-0.25, -0.2) is 5.43 Å². The highest BCUT2D eigenvalue weighted by atomic mass is 15.4. The number of hydrazone groups is 1. The summed E-state index contributed by atoms with van der Waals surface area (Å²) in [5.41, 5.74) is 5.26. The summed E-state index contributed by atoms with van der Waals surface area (Å²) in [5, 5.41) is 13.3. The number of para-hydroxylation sites is 1. The lowest BCUT2D eigenvalue weighted by atomic mass is 10.2. The Labute approximate surface area is 110 Å². The van der Waals surface area contributed by atoms with Gasteiger partial charge in [-0.1, -0.05) is 32.0 Å². The summed E-state index contributed by atoms with van der Waals surface area (Å²) in [6, 6.07) is 7.92. The van der Waals surface area contributed by atoms with Crippen molar-refractivity contribution in [3.8, 4) is 0 Å². The second-order valence-corrected chi connectivity index (χ2v) is 4.64. The van der Waals surface area contributed by atoms with Crippen molar-refractivity contribution < 1.29 is 0 Å². The third-order valence-electron chi connectivity index (χ3n) is 2.66. The van der Waals surface area contributed by atoms with E-state index in [0.29, 0.717) is 17.5 Å². The minimum absolute atomic E-state index is 0.372. The number of nitrogens with zero attached hydrogens (tertiary/aromatic N) is 4. The van der Waals surface area contributed by atoms with Gasteiger partial charge in [-0.2, -0.15) is 10.1 Å². The Bertz CT molecular complexity index is 743. The van der Waals surface area contributed by atoms with Gasteiger partial charge in [-0.3, -0.25) is 0 Å². The van der Waals surface area contributed by atoms with Crippen LogP contribution in [0.1, 0.15) is 13.8 Å². The fourth-order valence-corrected chi connectivity index (χ4v) is 1.81. The highest BCUT2D eigenvalue weighted by Crippen LogP contribution is 2.21. The molecule has 0 amide bonds. The highest BCUT2D eigenvalue weighted by molar-refractivity contribution is 6.03. The van der Waals surface area contributed by atoms with Crippen LogP contribution in [0.2, 0.25) is 0 Å². The molecule has 2 N–H and O–H groups in total. The number of aromatic amines is 1. The normalized spacial score (nSPS) is 11.9. The molecule has 0 spiro atoms. The SMILES string of the molecule is CC(C)/C=N/Nc1nnc2c(n1)[nH]c1ccccc12. The molecule has 0 bridgehead atoms. The van der Waals surface area contributed by atoms with Gasteiger partial charge in [0, 0.05) is 17.1 Å². The summed E-state index contributed by atoms with van der Waals surface area (Å²) in [6.07, 6.45) is 1.79. The van der Waals surface area contributed by atoms with Gasteiger partial charge in [0.05, 0.1) is 0 Å². The van der Waals surface area contributed by atoms with Crippen molar-refractivity contribution in [2.75, 3.05) is 5.43 Å². The molecule has 0 aliphatic heterocycles. The standard InChI is InChI=1S/C13H14N6/c1-8(2)7-14-18-13-16-12-11(17-19-13)9-5-3-4-6-10(9)15-12/h3-8H,1-2H3,(H2,15,16,18,19)/b14-7+. The number of fused-ring (bicyclic) bond motifs is 3. The number of benzene rings is 1. The van der Waals surface area contributed by atoms with E-state index in [0.717, 1.165) is 16.4 Å². The van der Waals surface area contributed by atoms with Crippen LogP contribution in [0.5, 0.6) is 0 Å². The van der Waals surface area contributed by atoms with E-state index in [2.05, 4.69) is 30.7 Å². The van der Waals surface area contributed by atoms with Crippen LogP contribution in [0.4, 0.5) is 5.95 Å². The molecular formula is C13H14N6. The van der Waals surface area contributed by atoms with E-state index in [9.17, 15) is 0 Å². The predicted octanol–water partition coefficient (Wildman–Crippen LogP) is 2.56. The minimum atomic E-state index is 0.372. The van der Waals surface area contributed by atoms with Crippen molar-refractivity contribution in [1.82, 2.24) is 20.2 Å². The van der Waals surface area contributed by atoms with Crippen LogP contribution in [-0.2, 0) is 0 Å². The third-order valence-corrected chi connectivity index (χ3v) is 2.66. The largest absolute Gasteiger partial charge is 0.338 e. The third kappa shape index (κ3) is 2.24. The van der Waals surface area contributed by atoms with Crippen molar-refractivity contribution >= 4 is 34.2 Å². The Morgan fingerprint density at radius 2 is 2.11 bits per heavy atom. The van der Waals surface area contributed by atoms with E-state index in [1.807, 2.05) is 38.1 Å². The molecule has 1 aromatic carbocycles. The van der Waals surface area contributed by atoms with E-state index in [-0.39, 0.29) is 0 Å². The van der Waals surface area contributed by atoms with Crippen LogP contribution in [0.15, 0.2) is 29.4 Å². The summed E-state index contributed by atoms with van der Waals surface area (Å²) in [4.78, 5) is 7.57. The summed E-state index contributed by atoms with van der Waals surface area (Å²) < 4.78 is 0. The van der Waals surface area contributed by atoms with Crippen LogP contribution in [0, 0.1) is 5.92 Å². The molecule has 0 aliphatic carbocycles. The molecule has 0 aliphatic rings. The van der Waals surface area contributed by atoms with Gasteiger partial charge in [0.15, 0.2) is 5.65 Å². The van der Waals surface area contributed by atoms with E-state index in [4.69, 9.17) is 0 Å². The molecule has 0 radical (unpaired) electrons. The van der Waals surface area contributed by atoms with Gasteiger partial charge in [0.1, 0.15) is 5.52 Å². The maximum absolute atomic E-state index is 4.36. The first-order valence-corrected chi connectivity index (χ1v) is 6.14. The smallest absolute Gasteiger partial charge is 0.265 e. The molecule has 0 unspecified atom stereocenters. The number of H-pyrrole nitrogens is 1. The topological polar surface area (TPSA) is 78.8 Å². The average molecular weight is 254 g/mol. The number of hydrogen-bond donors (Lipinski definition) is 2. The molecule has 19 heavy (non-hydrogen) atoms. The number of aromatic nitrogens is 4. The monoisotopic (exact) mass is 254 g/mol. The van der Waals surface area contributed by atoms with Gasteiger partial charge < -0.3 is 4.98 Å². The Kier molecular flexibility index (Phi) is 2.83. The lowest BCUT2D eigenvalue weighted by Gasteiger charge is -1.97. The van der Waals surface area contributed by atoms with Crippen molar-refractivity contribution in [1.29, 1.82) is 0 Å². The van der Waals surface area contributed by atoms with E-state index >= 15 is 0 Å². The van der Waals surface area contributed by atoms with Crippen LogP contribution in [0.25, 0.3) is 22.1 Å². The second kappa shape index (κ2) is 4.64. The van der Waals surface area contributed by atoms with E-state index in [1.165, 1.54) is 0 Å². The first-order valence-electron chi connectivity index (χ1n) is 6.14. The maximum atomic E-state index is 4.36. The van der Waals surface area contributed by atoms with Gasteiger partial charge in [-0.05, 0) is 12.0 Å². The summed E-state index contributed by atoms with van der Waals surface area (Å²) >= 11 is 0. The van der Waals surface area contributed by atoms with Crippen LogP contribution in [-0.4, -0.2) is 26.4 Å². The Hall–Kier alpha value is -2.50. The molecule has 0 fully saturated rings. The molecule has 0 atom stereocenters. The predicted molar refractivity (Wildman–Crippen MR) is 76.1 cm³/mol. The number of anilines is 1. The number of nitrogens with one attached hydrogen (secondary N) is 2. The zero-order valence-corrected chi connectivity index (χ0v) is 10.8. The molecule has 3 aromatic rings. The lowest BCUT2D eigenvalue weighted by Crippen LogP contribution is -2.00. The van der Waals surface area contributed by atoms with Gasteiger partial charge in [0.2, 0.25) is 0 Å². The number of rotatable bonds is 3. The minimum Gasteiger partial charge on any atom is -0.338 e. The Balaban J connectivity index is 1.99. The van der Waals surface area contributed by atoms with Crippen LogP contribution < -0.4 is 5.43 Å². The zero-order chi connectivity index (χ0) is 13.2. The molecule has 3 rings (SSSR count). The van der Waals surface area contributed by atoms with Gasteiger partial charge in [-0.15, -0.1) is 10.2 Å². The van der Waals surface area contributed by atoms with Gasteiger partial charge in [0.25, 0.3) is 5.95 Å². The molecule has 6 nitrogen and oxygen atoms in total. The van der Waals surface area contributed by atoms with Crippen molar-refractivity contribution in [2.24, 2.45) is 11.0 Å². The highest BCUT2D eigenvalue weighted by Gasteiger charge is 2.07. The molecule has 2 aromatic heterocycles. The molecule has 2 heterocycles. The zero-order valence-electron chi connectivity index (χ0n) is 10.8. The lowest BCUT2D eigenvalue weighted by molar-refractivity contribution is 0.901. The summed E-state index contributed by atoms with van der Waals surface area (Å²) in [5.74, 6) is 0.758.